The lowest BCUT2D eigenvalue weighted by Crippen LogP contribution is -2.02. The monoisotopic (exact) mass is 181 g/mol. The van der Waals surface area contributed by atoms with Gasteiger partial charge in [-0.15, -0.1) is 0 Å². The maximum atomic E-state index is 10.6. The first-order valence-electron chi connectivity index (χ1n) is 3.79. The van der Waals surface area contributed by atoms with Crippen molar-refractivity contribution in [2.24, 2.45) is 5.73 Å². The smallest absolute Gasteiger partial charge is 0.335 e. The third-order valence-corrected chi connectivity index (χ3v) is 1.75. The van der Waals surface area contributed by atoms with Crippen molar-refractivity contribution in [2.75, 3.05) is 7.11 Å². The van der Waals surface area contributed by atoms with Crippen molar-refractivity contribution in [3.63, 3.8) is 0 Å². The second kappa shape index (κ2) is 3.91. The zero-order valence-corrected chi connectivity index (χ0v) is 7.28. The summed E-state index contributed by atoms with van der Waals surface area (Å²) in [5.41, 5.74) is 6.43. The fourth-order valence-corrected chi connectivity index (χ4v) is 1.05. The Morgan fingerprint density at radius 1 is 1.62 bits per heavy atom. The van der Waals surface area contributed by atoms with E-state index in [1.54, 1.807) is 6.07 Å². The third kappa shape index (κ3) is 1.97. The zero-order valence-electron chi connectivity index (χ0n) is 7.28. The second-order valence-corrected chi connectivity index (χ2v) is 2.54. The van der Waals surface area contributed by atoms with E-state index >= 15 is 0 Å². The second-order valence-electron chi connectivity index (χ2n) is 2.54. The molecule has 0 aliphatic carbocycles. The van der Waals surface area contributed by atoms with Crippen LogP contribution in [0.15, 0.2) is 18.2 Å². The van der Waals surface area contributed by atoms with Crippen LogP contribution in [-0.2, 0) is 6.54 Å². The van der Waals surface area contributed by atoms with Crippen LogP contribution in [0.25, 0.3) is 0 Å². The van der Waals surface area contributed by atoms with Gasteiger partial charge in [0, 0.05) is 12.1 Å². The number of carbonyl (C=O) groups is 1. The van der Waals surface area contributed by atoms with Gasteiger partial charge >= 0.3 is 5.97 Å². The van der Waals surface area contributed by atoms with Crippen molar-refractivity contribution < 1.29 is 14.6 Å². The van der Waals surface area contributed by atoms with Gasteiger partial charge in [-0.3, -0.25) is 0 Å². The van der Waals surface area contributed by atoms with Gasteiger partial charge in [-0.25, -0.2) is 4.79 Å². The lowest BCUT2D eigenvalue weighted by molar-refractivity contribution is 0.0696. The molecule has 0 saturated carbocycles. The van der Waals surface area contributed by atoms with E-state index in [4.69, 9.17) is 15.6 Å². The van der Waals surface area contributed by atoms with E-state index in [-0.39, 0.29) is 5.56 Å². The Bertz CT molecular complexity index is 323. The van der Waals surface area contributed by atoms with Gasteiger partial charge in [0.05, 0.1) is 12.7 Å². The minimum atomic E-state index is -0.970. The van der Waals surface area contributed by atoms with Crippen molar-refractivity contribution in [3.05, 3.63) is 29.3 Å². The van der Waals surface area contributed by atoms with Crippen molar-refractivity contribution >= 4 is 5.97 Å². The van der Waals surface area contributed by atoms with Crippen LogP contribution in [0.3, 0.4) is 0 Å². The molecule has 0 amide bonds. The highest BCUT2D eigenvalue weighted by molar-refractivity contribution is 5.88. The number of carboxylic acid groups (broad SMARTS) is 1. The van der Waals surface area contributed by atoms with E-state index in [0.717, 1.165) is 5.56 Å². The summed E-state index contributed by atoms with van der Waals surface area (Å²) in [6, 6.07) is 4.62. The zero-order chi connectivity index (χ0) is 9.84. The number of ether oxygens (including phenoxy) is 1. The summed E-state index contributed by atoms with van der Waals surface area (Å²) in [7, 11) is 1.49. The molecule has 0 unspecified atom stereocenters. The Hall–Kier alpha value is -1.55. The maximum Gasteiger partial charge on any atom is 0.335 e. The predicted molar refractivity (Wildman–Crippen MR) is 47.8 cm³/mol. The molecule has 0 aliphatic rings. The van der Waals surface area contributed by atoms with Gasteiger partial charge in [-0.05, 0) is 12.1 Å². The van der Waals surface area contributed by atoms with Crippen LogP contribution in [0, 0.1) is 0 Å². The van der Waals surface area contributed by atoms with Crippen molar-refractivity contribution in [1.82, 2.24) is 0 Å². The molecule has 4 nitrogen and oxygen atoms in total. The Morgan fingerprint density at radius 2 is 2.31 bits per heavy atom. The highest BCUT2D eigenvalue weighted by atomic mass is 16.5. The molecule has 70 valence electrons. The van der Waals surface area contributed by atoms with Crippen LogP contribution in [0.4, 0.5) is 0 Å². The molecular formula is C9H11NO3. The molecule has 4 heteroatoms. The van der Waals surface area contributed by atoms with Crippen molar-refractivity contribution in [2.45, 2.75) is 6.54 Å². The van der Waals surface area contributed by atoms with Crippen LogP contribution in [0.5, 0.6) is 5.75 Å². The van der Waals surface area contributed by atoms with Gasteiger partial charge in [-0.2, -0.15) is 0 Å². The van der Waals surface area contributed by atoms with E-state index in [2.05, 4.69) is 0 Å². The van der Waals surface area contributed by atoms with Crippen molar-refractivity contribution in [1.29, 1.82) is 0 Å². The Kier molecular flexibility index (Phi) is 2.87. The number of nitrogens with two attached hydrogens (primary N) is 1. The van der Waals surface area contributed by atoms with Crippen LogP contribution in [0.2, 0.25) is 0 Å². The molecular weight excluding hydrogens is 170 g/mol. The van der Waals surface area contributed by atoms with Crippen molar-refractivity contribution in [3.8, 4) is 5.75 Å². The average molecular weight is 181 g/mol. The van der Waals surface area contributed by atoms with E-state index in [1.807, 2.05) is 0 Å². The van der Waals surface area contributed by atoms with Gasteiger partial charge in [0.2, 0.25) is 0 Å². The molecule has 1 rings (SSSR count). The Labute approximate surface area is 75.9 Å². The van der Waals surface area contributed by atoms with Crippen LogP contribution >= 0.6 is 0 Å². The first-order chi connectivity index (χ1) is 6.19. The van der Waals surface area contributed by atoms with Crippen LogP contribution < -0.4 is 10.5 Å². The number of hydrogen-bond acceptors (Lipinski definition) is 3. The molecule has 0 atom stereocenters. The molecule has 0 fully saturated rings. The molecule has 1 aromatic carbocycles. The number of benzene rings is 1. The summed E-state index contributed by atoms with van der Waals surface area (Å²) in [5.74, 6) is -0.454. The predicted octanol–water partition coefficient (Wildman–Crippen LogP) is 0.852. The van der Waals surface area contributed by atoms with E-state index in [0.29, 0.717) is 12.3 Å². The number of hydrogen-bond donors (Lipinski definition) is 2. The first kappa shape index (κ1) is 9.54. The summed E-state index contributed by atoms with van der Waals surface area (Å²) >= 11 is 0. The van der Waals surface area contributed by atoms with Crippen LogP contribution in [-0.4, -0.2) is 18.2 Å². The quantitative estimate of drug-likeness (QED) is 0.725. The topological polar surface area (TPSA) is 72.5 Å². The van der Waals surface area contributed by atoms with Gasteiger partial charge in [0.15, 0.2) is 0 Å². The van der Waals surface area contributed by atoms with E-state index < -0.39 is 5.97 Å². The number of aromatic carboxylic acids is 1. The Morgan fingerprint density at radius 3 is 2.77 bits per heavy atom. The third-order valence-electron chi connectivity index (χ3n) is 1.75. The maximum absolute atomic E-state index is 10.6. The highest BCUT2D eigenvalue weighted by Gasteiger charge is 2.07. The summed E-state index contributed by atoms with van der Waals surface area (Å²) in [6.07, 6.45) is 0. The molecule has 1 aromatic rings. The summed E-state index contributed by atoms with van der Waals surface area (Å²) in [6.45, 7) is 0.336. The first-order valence-corrected chi connectivity index (χ1v) is 3.79. The standard InChI is InChI=1S/C9H11NO3/c1-13-8-4-6(9(11)12)2-3-7(8)5-10/h2-4H,5,10H2,1H3,(H,11,12). The van der Waals surface area contributed by atoms with E-state index in [9.17, 15) is 4.79 Å². The summed E-state index contributed by atoms with van der Waals surface area (Å²) in [5, 5.41) is 8.68. The Balaban J connectivity index is 3.13. The van der Waals surface area contributed by atoms with Gasteiger partial charge in [-0.1, -0.05) is 6.07 Å². The number of methoxy groups -OCH3 is 1. The van der Waals surface area contributed by atoms with Gasteiger partial charge in [0.25, 0.3) is 0 Å². The molecule has 0 aliphatic heterocycles. The number of rotatable bonds is 3. The largest absolute Gasteiger partial charge is 0.496 e. The number of carboxylic acids is 1. The summed E-state index contributed by atoms with van der Waals surface area (Å²) < 4.78 is 4.98. The van der Waals surface area contributed by atoms with Crippen LogP contribution in [0.1, 0.15) is 15.9 Å². The molecule has 13 heavy (non-hydrogen) atoms. The highest BCUT2D eigenvalue weighted by Crippen LogP contribution is 2.19. The molecule has 3 N–H and O–H groups in total. The minimum absolute atomic E-state index is 0.203. The average Bonchev–Trinajstić information content (AvgIpc) is 2.16. The molecule has 0 spiro atoms. The lowest BCUT2D eigenvalue weighted by atomic mass is 10.1. The van der Waals surface area contributed by atoms with Gasteiger partial charge in [0.1, 0.15) is 5.75 Å². The SMILES string of the molecule is COc1cc(C(=O)O)ccc1CN. The van der Waals surface area contributed by atoms with E-state index in [1.165, 1.54) is 19.2 Å². The summed E-state index contributed by atoms with van der Waals surface area (Å²) in [4.78, 5) is 10.6. The molecule has 0 aromatic heterocycles. The molecule has 0 heterocycles. The minimum Gasteiger partial charge on any atom is -0.496 e. The molecule has 0 radical (unpaired) electrons. The van der Waals surface area contributed by atoms with Gasteiger partial charge < -0.3 is 15.6 Å². The normalized spacial score (nSPS) is 9.69. The molecule has 0 saturated heterocycles. The fraction of sp³-hybridized carbons (Fsp3) is 0.222. The fourth-order valence-electron chi connectivity index (χ4n) is 1.05. The molecule has 0 bridgehead atoms. The lowest BCUT2D eigenvalue weighted by Gasteiger charge is -2.06.